The van der Waals surface area contributed by atoms with Crippen molar-refractivity contribution < 1.29 is 19.1 Å². The predicted octanol–water partition coefficient (Wildman–Crippen LogP) is 3.95. The summed E-state index contributed by atoms with van der Waals surface area (Å²) >= 11 is 0. The van der Waals surface area contributed by atoms with Crippen LogP contribution in [0.2, 0.25) is 0 Å². The second kappa shape index (κ2) is 12.1. The molecular formula is C28H37N5O4. The van der Waals surface area contributed by atoms with Crippen LogP contribution in [0.4, 0.5) is 9.59 Å². The van der Waals surface area contributed by atoms with Gasteiger partial charge >= 0.3 is 12.1 Å². The van der Waals surface area contributed by atoms with Crippen molar-refractivity contribution in [1.82, 2.24) is 25.0 Å². The van der Waals surface area contributed by atoms with Gasteiger partial charge in [-0.25, -0.2) is 9.59 Å². The van der Waals surface area contributed by atoms with Crippen LogP contribution in [-0.4, -0.2) is 83.6 Å². The second-order valence-electron chi connectivity index (χ2n) is 9.71. The molecule has 37 heavy (non-hydrogen) atoms. The Morgan fingerprint density at radius 2 is 1.59 bits per heavy atom. The molecule has 3 heterocycles. The van der Waals surface area contributed by atoms with Gasteiger partial charge in [-0.2, -0.15) is 0 Å². The van der Waals surface area contributed by atoms with Gasteiger partial charge in [0.1, 0.15) is 0 Å². The van der Waals surface area contributed by atoms with Crippen molar-refractivity contribution in [3.05, 3.63) is 65.0 Å². The summed E-state index contributed by atoms with van der Waals surface area (Å²) in [6.45, 7) is 9.09. The van der Waals surface area contributed by atoms with Gasteiger partial charge < -0.3 is 24.8 Å². The molecule has 2 saturated heterocycles. The Bertz CT molecular complexity index is 1090. The van der Waals surface area contributed by atoms with E-state index < -0.39 is 0 Å². The molecular weight excluding hydrogens is 470 g/mol. The van der Waals surface area contributed by atoms with Gasteiger partial charge in [0.15, 0.2) is 0 Å². The van der Waals surface area contributed by atoms with Gasteiger partial charge in [0.05, 0.1) is 23.9 Å². The number of aromatic nitrogens is 1. The SMILES string of the molecule is CCOC(=O)N1CCN(C(=O)c2ccc(C)nc2C2CCN(C(=O)NC(C)c3ccccc3)CC2)CC1. The number of nitrogens with one attached hydrogen (secondary N) is 1. The van der Waals surface area contributed by atoms with Crippen molar-refractivity contribution in [3.8, 4) is 0 Å². The van der Waals surface area contributed by atoms with Crippen molar-refractivity contribution in [1.29, 1.82) is 0 Å². The lowest BCUT2D eigenvalue weighted by Gasteiger charge is -2.35. The highest BCUT2D eigenvalue weighted by molar-refractivity contribution is 5.95. The molecule has 0 spiro atoms. The summed E-state index contributed by atoms with van der Waals surface area (Å²) < 4.78 is 5.08. The van der Waals surface area contributed by atoms with E-state index in [0.717, 1.165) is 29.8 Å². The fourth-order valence-corrected chi connectivity index (χ4v) is 5.00. The molecule has 0 saturated carbocycles. The third kappa shape index (κ3) is 6.39. The first kappa shape index (κ1) is 26.4. The molecule has 2 aliphatic heterocycles. The van der Waals surface area contributed by atoms with Crippen LogP contribution in [0.1, 0.15) is 66.0 Å². The Kier molecular flexibility index (Phi) is 8.63. The number of benzene rings is 1. The Hall–Kier alpha value is -3.62. The van der Waals surface area contributed by atoms with Crippen molar-refractivity contribution in [2.45, 2.75) is 45.6 Å². The average Bonchev–Trinajstić information content (AvgIpc) is 2.93. The summed E-state index contributed by atoms with van der Waals surface area (Å²) in [5.74, 6) is 0.0538. The Balaban J connectivity index is 1.37. The molecule has 0 radical (unpaired) electrons. The minimum Gasteiger partial charge on any atom is -0.450 e. The van der Waals surface area contributed by atoms with Crippen LogP contribution < -0.4 is 5.32 Å². The highest BCUT2D eigenvalue weighted by Crippen LogP contribution is 2.30. The van der Waals surface area contributed by atoms with E-state index >= 15 is 0 Å². The summed E-state index contributed by atoms with van der Waals surface area (Å²) in [4.78, 5) is 48.4. The third-order valence-electron chi connectivity index (χ3n) is 7.20. The molecule has 0 bridgehead atoms. The van der Waals surface area contributed by atoms with E-state index in [0.29, 0.717) is 51.4 Å². The standard InChI is InChI=1S/C28H37N5O4/c1-4-37-28(36)33-18-16-31(17-19-33)26(34)24-11-10-20(2)29-25(24)23-12-14-32(15-13-23)27(35)30-21(3)22-8-6-5-7-9-22/h5-11,21,23H,4,12-19H2,1-3H3,(H,30,35). The largest absolute Gasteiger partial charge is 0.450 e. The van der Waals surface area contributed by atoms with Crippen LogP contribution >= 0.6 is 0 Å². The molecule has 198 valence electrons. The summed E-state index contributed by atoms with van der Waals surface area (Å²) in [6, 6.07) is 13.5. The summed E-state index contributed by atoms with van der Waals surface area (Å²) in [6.07, 6.45) is 1.17. The third-order valence-corrected chi connectivity index (χ3v) is 7.20. The number of urea groups is 1. The molecule has 4 amide bonds. The minimum absolute atomic E-state index is 0.0529. The molecule has 1 aromatic carbocycles. The maximum Gasteiger partial charge on any atom is 0.409 e. The zero-order chi connectivity index (χ0) is 26.4. The van der Waals surface area contributed by atoms with Crippen molar-refractivity contribution >= 4 is 18.0 Å². The first-order valence-corrected chi connectivity index (χ1v) is 13.2. The van der Waals surface area contributed by atoms with Crippen LogP contribution in [0, 0.1) is 6.92 Å². The minimum atomic E-state index is -0.332. The zero-order valence-electron chi connectivity index (χ0n) is 22.0. The molecule has 1 aromatic heterocycles. The lowest BCUT2D eigenvalue weighted by atomic mass is 9.89. The molecule has 9 heteroatoms. The number of aryl methyl sites for hydroxylation is 1. The van der Waals surface area contributed by atoms with Gasteiger partial charge in [-0.15, -0.1) is 0 Å². The van der Waals surface area contributed by atoms with E-state index in [1.54, 1.807) is 16.7 Å². The number of ether oxygens (including phenoxy) is 1. The molecule has 1 atom stereocenters. The molecule has 9 nitrogen and oxygen atoms in total. The van der Waals surface area contributed by atoms with Crippen LogP contribution in [0.3, 0.4) is 0 Å². The quantitative estimate of drug-likeness (QED) is 0.661. The van der Waals surface area contributed by atoms with Gasteiger partial charge in [0.25, 0.3) is 5.91 Å². The topological polar surface area (TPSA) is 95.1 Å². The monoisotopic (exact) mass is 507 g/mol. The number of piperazine rings is 1. The lowest BCUT2D eigenvalue weighted by Crippen LogP contribution is -2.51. The molecule has 0 aliphatic carbocycles. The summed E-state index contributed by atoms with van der Waals surface area (Å²) in [7, 11) is 0. The van der Waals surface area contributed by atoms with E-state index in [1.165, 1.54) is 0 Å². The van der Waals surface area contributed by atoms with Crippen LogP contribution in [0.15, 0.2) is 42.5 Å². The highest BCUT2D eigenvalue weighted by Gasteiger charge is 2.31. The van der Waals surface area contributed by atoms with Crippen molar-refractivity contribution in [3.63, 3.8) is 0 Å². The van der Waals surface area contributed by atoms with Gasteiger partial charge in [-0.1, -0.05) is 30.3 Å². The second-order valence-corrected chi connectivity index (χ2v) is 9.71. The van der Waals surface area contributed by atoms with E-state index in [-0.39, 0.29) is 30.0 Å². The van der Waals surface area contributed by atoms with E-state index in [9.17, 15) is 14.4 Å². The highest BCUT2D eigenvalue weighted by atomic mass is 16.6. The van der Waals surface area contributed by atoms with Crippen molar-refractivity contribution in [2.24, 2.45) is 0 Å². The van der Waals surface area contributed by atoms with Gasteiger partial charge in [-0.3, -0.25) is 9.78 Å². The number of hydrogen-bond acceptors (Lipinski definition) is 5. The van der Waals surface area contributed by atoms with Crippen LogP contribution in [0.5, 0.6) is 0 Å². The maximum absolute atomic E-state index is 13.5. The predicted molar refractivity (Wildman–Crippen MR) is 140 cm³/mol. The summed E-state index contributed by atoms with van der Waals surface area (Å²) in [5.41, 5.74) is 3.38. The number of hydrogen-bond donors (Lipinski definition) is 1. The van der Waals surface area contributed by atoms with Gasteiger partial charge in [0, 0.05) is 50.9 Å². The molecule has 2 aromatic rings. The van der Waals surface area contributed by atoms with E-state index in [2.05, 4.69) is 5.32 Å². The zero-order valence-corrected chi connectivity index (χ0v) is 22.0. The number of carbonyl (C=O) groups excluding carboxylic acids is 3. The molecule has 1 N–H and O–H groups in total. The number of likely N-dealkylation sites (tertiary alicyclic amines) is 1. The summed E-state index contributed by atoms with van der Waals surface area (Å²) in [5, 5.41) is 3.10. The van der Waals surface area contributed by atoms with E-state index in [1.807, 2.05) is 61.2 Å². The van der Waals surface area contributed by atoms with Gasteiger partial charge in [0.2, 0.25) is 0 Å². The number of pyridine rings is 1. The average molecular weight is 508 g/mol. The molecule has 4 rings (SSSR count). The Labute approximate surface area is 218 Å². The lowest BCUT2D eigenvalue weighted by molar-refractivity contribution is 0.0568. The van der Waals surface area contributed by atoms with Crippen LogP contribution in [0.25, 0.3) is 0 Å². The number of nitrogens with zero attached hydrogens (tertiary/aromatic N) is 4. The Morgan fingerprint density at radius 1 is 0.946 bits per heavy atom. The normalized spacial score (nSPS) is 17.3. The number of carbonyl (C=O) groups is 3. The van der Waals surface area contributed by atoms with Gasteiger partial charge in [-0.05, 0) is 51.3 Å². The molecule has 1 unspecified atom stereocenters. The fourth-order valence-electron chi connectivity index (χ4n) is 5.00. The van der Waals surface area contributed by atoms with Crippen LogP contribution in [-0.2, 0) is 4.74 Å². The maximum atomic E-state index is 13.5. The number of rotatable bonds is 5. The van der Waals surface area contributed by atoms with E-state index in [4.69, 9.17) is 9.72 Å². The van der Waals surface area contributed by atoms with Crippen molar-refractivity contribution in [2.75, 3.05) is 45.9 Å². The molecule has 2 aliphatic rings. The first-order valence-electron chi connectivity index (χ1n) is 13.2. The molecule has 2 fully saturated rings. The fraction of sp³-hybridized carbons (Fsp3) is 0.500. The number of piperidine rings is 1. The smallest absolute Gasteiger partial charge is 0.409 e. The first-order chi connectivity index (χ1) is 17.9. The Morgan fingerprint density at radius 3 is 2.24 bits per heavy atom. The number of amides is 4.